The molecular weight excluding hydrogens is 373 g/mol. The predicted molar refractivity (Wildman–Crippen MR) is 107 cm³/mol. The molecule has 148 valence electrons. The van der Waals surface area contributed by atoms with E-state index in [2.05, 4.69) is 14.8 Å². The van der Waals surface area contributed by atoms with Crippen molar-refractivity contribution in [2.24, 2.45) is 11.8 Å². The van der Waals surface area contributed by atoms with Crippen LogP contribution >= 0.6 is 11.3 Å². The number of piperidine rings is 3. The summed E-state index contributed by atoms with van der Waals surface area (Å²) in [6.45, 7) is 2.95. The maximum atomic E-state index is 13.8. The third kappa shape index (κ3) is 3.48. The fourth-order valence-electron chi connectivity index (χ4n) is 5.69. The number of benzene rings is 1. The van der Waals surface area contributed by atoms with Gasteiger partial charge in [-0.05, 0) is 55.2 Å². The fraction of sp³-hybridized carbons (Fsp3) is 0.545. The van der Waals surface area contributed by atoms with E-state index < -0.39 is 0 Å². The smallest absolute Gasteiger partial charge is 0.223 e. The summed E-state index contributed by atoms with van der Waals surface area (Å²) in [7, 11) is 0. The van der Waals surface area contributed by atoms with E-state index in [0.29, 0.717) is 30.2 Å². The third-order valence-electron chi connectivity index (χ3n) is 6.75. The molecule has 0 unspecified atom stereocenters. The minimum atomic E-state index is -0.193. The summed E-state index contributed by atoms with van der Waals surface area (Å²) in [5.41, 5.74) is 0.998. The highest BCUT2D eigenvalue weighted by molar-refractivity contribution is 7.09. The fourth-order valence-corrected chi connectivity index (χ4v) is 6.35. The Hall–Kier alpha value is -1.79. The van der Waals surface area contributed by atoms with Gasteiger partial charge in [0.15, 0.2) is 0 Å². The Balaban J connectivity index is 1.42. The Labute approximate surface area is 169 Å². The number of likely N-dealkylation sites (tertiary alicyclic amines) is 1. The largest absolute Gasteiger partial charge is 0.336 e. The van der Waals surface area contributed by atoms with Gasteiger partial charge in [-0.1, -0.05) is 12.1 Å². The first-order chi connectivity index (χ1) is 13.7. The number of rotatable bonds is 4. The average Bonchev–Trinajstić information content (AvgIpc) is 3.18. The topological polar surface area (TPSA) is 36.4 Å². The highest BCUT2D eigenvalue weighted by Gasteiger charge is 2.49. The monoisotopic (exact) mass is 399 g/mol. The van der Waals surface area contributed by atoms with Crippen molar-refractivity contribution in [2.45, 2.75) is 50.7 Å². The molecule has 0 radical (unpaired) electrons. The summed E-state index contributed by atoms with van der Waals surface area (Å²) < 4.78 is 13.8. The molecule has 1 amide bonds. The Morgan fingerprint density at radius 3 is 2.96 bits per heavy atom. The number of halogens is 1. The zero-order valence-electron chi connectivity index (χ0n) is 16.0. The van der Waals surface area contributed by atoms with Gasteiger partial charge in [0.1, 0.15) is 10.8 Å². The molecule has 6 heteroatoms. The molecule has 3 aliphatic rings. The molecule has 2 bridgehead atoms. The molecule has 3 fully saturated rings. The summed E-state index contributed by atoms with van der Waals surface area (Å²) >= 11 is 1.71. The van der Waals surface area contributed by atoms with Gasteiger partial charge in [0.25, 0.3) is 0 Å². The molecule has 0 spiro atoms. The molecule has 3 aliphatic heterocycles. The number of carbonyl (C=O) groups is 1. The maximum Gasteiger partial charge on any atom is 0.223 e. The van der Waals surface area contributed by atoms with Crippen molar-refractivity contribution in [1.29, 1.82) is 0 Å². The normalized spacial score (nSPS) is 30.3. The molecular formula is C22H26FN3OS. The predicted octanol–water partition coefficient (Wildman–Crippen LogP) is 3.73. The molecule has 1 aromatic heterocycles. The molecule has 4 heterocycles. The SMILES string of the molecule is O=C1CCC[C@H]2[C@@H]3C[C@@H](CN(Cc4nccs4)C3)[C@H](Cc3cccc(F)c3)N12. The third-order valence-corrected chi connectivity index (χ3v) is 7.51. The van der Waals surface area contributed by atoms with Crippen molar-refractivity contribution in [3.63, 3.8) is 0 Å². The van der Waals surface area contributed by atoms with E-state index in [0.717, 1.165) is 44.5 Å². The summed E-state index contributed by atoms with van der Waals surface area (Å²) in [5, 5.41) is 3.20. The highest BCUT2D eigenvalue weighted by atomic mass is 32.1. The number of hydrogen-bond donors (Lipinski definition) is 0. The molecule has 3 saturated heterocycles. The van der Waals surface area contributed by atoms with E-state index in [4.69, 9.17) is 0 Å². The number of hydrogen-bond acceptors (Lipinski definition) is 4. The van der Waals surface area contributed by atoms with Crippen LogP contribution in [-0.2, 0) is 17.8 Å². The second-order valence-corrected chi connectivity index (χ2v) is 9.52. The zero-order chi connectivity index (χ0) is 19.1. The zero-order valence-corrected chi connectivity index (χ0v) is 16.8. The summed E-state index contributed by atoms with van der Waals surface area (Å²) in [6.07, 6.45) is 6.58. The lowest BCUT2D eigenvalue weighted by molar-refractivity contribution is -0.152. The number of nitrogens with zero attached hydrogens (tertiary/aromatic N) is 3. The van der Waals surface area contributed by atoms with E-state index in [-0.39, 0.29) is 11.9 Å². The highest BCUT2D eigenvalue weighted by Crippen LogP contribution is 2.42. The van der Waals surface area contributed by atoms with Crippen LogP contribution in [0.4, 0.5) is 4.39 Å². The maximum absolute atomic E-state index is 13.8. The molecule has 28 heavy (non-hydrogen) atoms. The molecule has 1 aromatic carbocycles. The second kappa shape index (κ2) is 7.56. The van der Waals surface area contributed by atoms with Gasteiger partial charge in [0, 0.05) is 43.2 Å². The molecule has 0 saturated carbocycles. The standard InChI is InChI=1S/C22H26FN3OS/c23-18-4-1-3-15(9-18)10-20-17-11-16(19-5-2-6-22(27)26(19)20)12-25(13-17)14-21-24-7-8-28-21/h1,3-4,7-9,16-17,19-20H,2,5-6,10-14H2/t16-,17+,19+,20+/m1/s1. The quantitative estimate of drug-likeness (QED) is 0.786. The van der Waals surface area contributed by atoms with Crippen LogP contribution in [0.2, 0.25) is 0 Å². The van der Waals surface area contributed by atoms with Crippen LogP contribution in [0.5, 0.6) is 0 Å². The summed E-state index contributed by atoms with van der Waals surface area (Å²) in [5.74, 6) is 1.11. The van der Waals surface area contributed by atoms with Crippen LogP contribution in [0, 0.1) is 17.7 Å². The first-order valence-corrected chi connectivity index (χ1v) is 11.2. The van der Waals surface area contributed by atoms with Crippen molar-refractivity contribution in [1.82, 2.24) is 14.8 Å². The van der Waals surface area contributed by atoms with Crippen molar-refractivity contribution >= 4 is 17.2 Å². The first kappa shape index (κ1) is 18.3. The van der Waals surface area contributed by atoms with Crippen LogP contribution in [-0.4, -0.2) is 45.9 Å². The van der Waals surface area contributed by atoms with E-state index >= 15 is 0 Å². The van der Waals surface area contributed by atoms with E-state index in [1.54, 1.807) is 23.5 Å². The van der Waals surface area contributed by atoms with Crippen molar-refractivity contribution in [3.05, 3.63) is 52.2 Å². The van der Waals surface area contributed by atoms with Crippen LogP contribution in [0.1, 0.15) is 36.3 Å². The summed E-state index contributed by atoms with van der Waals surface area (Å²) in [4.78, 5) is 22.1. The van der Waals surface area contributed by atoms with Crippen molar-refractivity contribution in [3.8, 4) is 0 Å². The van der Waals surface area contributed by atoms with Gasteiger partial charge in [-0.3, -0.25) is 9.69 Å². The number of carbonyl (C=O) groups excluding carboxylic acids is 1. The molecule has 5 rings (SSSR count). The molecule has 0 aliphatic carbocycles. The van der Waals surface area contributed by atoms with Crippen molar-refractivity contribution in [2.75, 3.05) is 13.1 Å². The van der Waals surface area contributed by atoms with Gasteiger partial charge in [-0.15, -0.1) is 11.3 Å². The van der Waals surface area contributed by atoms with Gasteiger partial charge >= 0.3 is 0 Å². The molecule has 4 atom stereocenters. The Bertz CT molecular complexity index is 842. The van der Waals surface area contributed by atoms with E-state index in [1.165, 1.54) is 17.5 Å². The minimum absolute atomic E-state index is 0.176. The lowest BCUT2D eigenvalue weighted by atomic mass is 9.71. The van der Waals surface area contributed by atoms with Crippen LogP contribution < -0.4 is 0 Å². The number of fused-ring (bicyclic) bond motifs is 4. The Kier molecular flexibility index (Phi) is 4.93. The van der Waals surface area contributed by atoms with Gasteiger partial charge in [-0.25, -0.2) is 9.37 Å². The van der Waals surface area contributed by atoms with E-state index in [1.807, 2.05) is 17.6 Å². The van der Waals surface area contributed by atoms with Crippen LogP contribution in [0.15, 0.2) is 35.8 Å². The number of amides is 1. The number of thiazole rings is 1. The summed E-state index contributed by atoms with van der Waals surface area (Å²) in [6, 6.07) is 7.41. The first-order valence-electron chi connectivity index (χ1n) is 10.3. The van der Waals surface area contributed by atoms with Crippen LogP contribution in [0.25, 0.3) is 0 Å². The number of aromatic nitrogens is 1. The minimum Gasteiger partial charge on any atom is -0.336 e. The Morgan fingerprint density at radius 1 is 1.25 bits per heavy atom. The molecule has 4 nitrogen and oxygen atoms in total. The average molecular weight is 400 g/mol. The van der Waals surface area contributed by atoms with Gasteiger partial charge in [0.05, 0.1) is 6.54 Å². The second-order valence-electron chi connectivity index (χ2n) is 8.54. The molecule has 0 N–H and O–H groups in total. The van der Waals surface area contributed by atoms with Gasteiger partial charge in [-0.2, -0.15) is 0 Å². The van der Waals surface area contributed by atoms with E-state index in [9.17, 15) is 9.18 Å². The van der Waals surface area contributed by atoms with Gasteiger partial charge in [0.2, 0.25) is 5.91 Å². The van der Waals surface area contributed by atoms with Gasteiger partial charge < -0.3 is 4.90 Å². The lowest BCUT2D eigenvalue weighted by Crippen LogP contribution is -2.65. The van der Waals surface area contributed by atoms with Crippen LogP contribution in [0.3, 0.4) is 0 Å². The molecule has 2 aromatic rings. The van der Waals surface area contributed by atoms with Crippen molar-refractivity contribution < 1.29 is 9.18 Å². The lowest BCUT2D eigenvalue weighted by Gasteiger charge is -2.56. The Morgan fingerprint density at radius 2 is 2.14 bits per heavy atom.